The molecule has 0 amide bonds. The molecule has 0 aliphatic rings. The van der Waals surface area contributed by atoms with Crippen molar-refractivity contribution in [2.75, 3.05) is 12.3 Å². The number of anilines is 1. The molecule has 2 rings (SSSR count). The van der Waals surface area contributed by atoms with Crippen molar-refractivity contribution < 1.29 is 9.53 Å². The number of benzene rings is 1. The zero-order valence-corrected chi connectivity index (χ0v) is 12.1. The van der Waals surface area contributed by atoms with E-state index >= 15 is 0 Å². The number of nitrogen functional groups attached to an aromatic ring is 1. The monoisotopic (exact) mass is 323 g/mol. The zero-order chi connectivity index (χ0) is 13.8. The Morgan fingerprint density at radius 3 is 2.95 bits per heavy atom. The van der Waals surface area contributed by atoms with Gasteiger partial charge in [0.15, 0.2) is 0 Å². The second-order valence-corrected chi connectivity index (χ2v) is 4.93. The van der Waals surface area contributed by atoms with Crippen LogP contribution in [0.3, 0.4) is 0 Å². The van der Waals surface area contributed by atoms with Gasteiger partial charge >= 0.3 is 5.97 Å². The van der Waals surface area contributed by atoms with Crippen LogP contribution in [-0.4, -0.2) is 22.1 Å². The summed E-state index contributed by atoms with van der Waals surface area (Å²) in [4.78, 5) is 16.0. The molecule has 0 spiro atoms. The van der Waals surface area contributed by atoms with Gasteiger partial charge in [-0.05, 0) is 34.1 Å². The number of esters is 1. The fourth-order valence-electron chi connectivity index (χ4n) is 1.63. The molecule has 0 atom stereocenters. The van der Waals surface area contributed by atoms with Gasteiger partial charge in [0.1, 0.15) is 5.82 Å². The minimum absolute atomic E-state index is 0.291. The second-order valence-electron chi connectivity index (χ2n) is 4.08. The number of carbonyl (C=O) groups is 1. The first-order valence-corrected chi connectivity index (χ1v) is 6.55. The number of rotatable bonds is 4. The van der Waals surface area contributed by atoms with Crippen molar-refractivity contribution >= 4 is 27.6 Å². The van der Waals surface area contributed by atoms with E-state index in [1.165, 1.54) is 0 Å². The van der Waals surface area contributed by atoms with E-state index in [1.54, 1.807) is 24.4 Å². The van der Waals surface area contributed by atoms with Crippen LogP contribution >= 0.6 is 15.9 Å². The van der Waals surface area contributed by atoms with E-state index < -0.39 is 0 Å². The lowest BCUT2D eigenvalue weighted by molar-refractivity contribution is 0.0507. The number of halogens is 1. The Kier molecular flexibility index (Phi) is 4.21. The molecule has 2 N–H and O–H groups in total. The molecule has 0 bridgehead atoms. The number of imidazole rings is 1. The molecule has 19 heavy (non-hydrogen) atoms. The number of hydrogen-bond donors (Lipinski definition) is 1. The molecular formula is C13H14BrN3O2. The van der Waals surface area contributed by atoms with Gasteiger partial charge in [-0.1, -0.05) is 0 Å². The van der Waals surface area contributed by atoms with Gasteiger partial charge in [-0.3, -0.25) is 0 Å². The van der Waals surface area contributed by atoms with Crippen molar-refractivity contribution in [3.05, 3.63) is 46.5 Å². The number of carbonyl (C=O) groups excluding carboxylic acids is 1. The Balaban J connectivity index is 1.91. The van der Waals surface area contributed by atoms with Gasteiger partial charge in [0.25, 0.3) is 0 Å². The molecule has 5 nitrogen and oxygen atoms in total. The van der Waals surface area contributed by atoms with Crippen LogP contribution < -0.4 is 5.73 Å². The summed E-state index contributed by atoms with van der Waals surface area (Å²) in [5, 5.41) is 0. The number of aryl methyl sites for hydroxylation is 1. The van der Waals surface area contributed by atoms with Crippen molar-refractivity contribution in [1.82, 2.24) is 9.55 Å². The highest BCUT2D eigenvalue weighted by Crippen LogP contribution is 2.20. The standard InChI is InChI=1S/C13H14BrN3O2/c1-17-6-5-16-12(17)4-7-19-13(18)9-2-3-10(14)11(15)8-9/h2-3,5-6,8H,4,7,15H2,1H3. The second kappa shape index (κ2) is 5.88. The molecule has 0 unspecified atom stereocenters. The molecule has 0 radical (unpaired) electrons. The third-order valence-corrected chi connectivity index (χ3v) is 3.43. The maximum Gasteiger partial charge on any atom is 0.338 e. The molecule has 1 aromatic carbocycles. The fraction of sp³-hybridized carbons (Fsp3) is 0.231. The third-order valence-electron chi connectivity index (χ3n) is 2.71. The van der Waals surface area contributed by atoms with E-state index in [0.29, 0.717) is 24.3 Å². The average Bonchev–Trinajstić information content (AvgIpc) is 2.78. The van der Waals surface area contributed by atoms with Gasteiger partial charge < -0.3 is 15.0 Å². The van der Waals surface area contributed by atoms with Gasteiger partial charge in [0.2, 0.25) is 0 Å². The van der Waals surface area contributed by atoms with Gasteiger partial charge in [0, 0.05) is 36.0 Å². The van der Waals surface area contributed by atoms with E-state index in [1.807, 2.05) is 17.8 Å². The Bertz CT molecular complexity index is 595. The number of hydrogen-bond acceptors (Lipinski definition) is 4. The molecule has 1 aromatic heterocycles. The van der Waals surface area contributed by atoms with Crippen LogP contribution in [0.1, 0.15) is 16.2 Å². The summed E-state index contributed by atoms with van der Waals surface area (Å²) in [6.07, 6.45) is 4.15. The lowest BCUT2D eigenvalue weighted by Gasteiger charge is -2.06. The van der Waals surface area contributed by atoms with Crippen LogP contribution in [-0.2, 0) is 18.2 Å². The lowest BCUT2D eigenvalue weighted by Crippen LogP contribution is -2.10. The zero-order valence-electron chi connectivity index (χ0n) is 10.5. The van der Waals surface area contributed by atoms with Crippen LogP contribution in [0.25, 0.3) is 0 Å². The molecule has 0 saturated heterocycles. The maximum absolute atomic E-state index is 11.8. The van der Waals surface area contributed by atoms with Gasteiger partial charge in [-0.15, -0.1) is 0 Å². The highest BCUT2D eigenvalue weighted by molar-refractivity contribution is 9.10. The van der Waals surface area contributed by atoms with Crippen molar-refractivity contribution in [3.8, 4) is 0 Å². The molecule has 0 saturated carbocycles. The number of nitrogens with two attached hydrogens (primary N) is 1. The number of nitrogens with zero attached hydrogens (tertiary/aromatic N) is 2. The van der Waals surface area contributed by atoms with Gasteiger partial charge in [-0.2, -0.15) is 0 Å². The minimum atomic E-state index is -0.381. The van der Waals surface area contributed by atoms with E-state index in [-0.39, 0.29) is 5.97 Å². The Morgan fingerprint density at radius 1 is 1.53 bits per heavy atom. The molecule has 2 aromatic rings. The largest absolute Gasteiger partial charge is 0.462 e. The molecule has 0 fully saturated rings. The van der Waals surface area contributed by atoms with Crippen LogP contribution in [0.5, 0.6) is 0 Å². The van der Waals surface area contributed by atoms with E-state index in [4.69, 9.17) is 10.5 Å². The quantitative estimate of drug-likeness (QED) is 0.691. The van der Waals surface area contributed by atoms with Crippen molar-refractivity contribution in [3.63, 3.8) is 0 Å². The van der Waals surface area contributed by atoms with Crippen LogP contribution in [0.15, 0.2) is 35.1 Å². The fourth-order valence-corrected chi connectivity index (χ4v) is 1.87. The van der Waals surface area contributed by atoms with Crippen LogP contribution in [0.4, 0.5) is 5.69 Å². The minimum Gasteiger partial charge on any atom is -0.462 e. The van der Waals surface area contributed by atoms with Crippen molar-refractivity contribution in [1.29, 1.82) is 0 Å². The van der Waals surface area contributed by atoms with Gasteiger partial charge in [0.05, 0.1) is 12.2 Å². The summed E-state index contributed by atoms with van der Waals surface area (Å²) in [7, 11) is 1.90. The lowest BCUT2D eigenvalue weighted by atomic mass is 10.2. The van der Waals surface area contributed by atoms with Crippen molar-refractivity contribution in [2.45, 2.75) is 6.42 Å². The summed E-state index contributed by atoms with van der Waals surface area (Å²) >= 11 is 3.28. The van der Waals surface area contributed by atoms with Crippen molar-refractivity contribution in [2.24, 2.45) is 7.05 Å². The Hall–Kier alpha value is -1.82. The summed E-state index contributed by atoms with van der Waals surface area (Å²) in [5.41, 5.74) is 6.67. The molecule has 0 aliphatic carbocycles. The summed E-state index contributed by atoms with van der Waals surface area (Å²) < 4.78 is 7.84. The predicted molar refractivity (Wildman–Crippen MR) is 75.7 cm³/mol. The maximum atomic E-state index is 11.8. The molecule has 1 heterocycles. The van der Waals surface area contributed by atoms with E-state index in [9.17, 15) is 4.79 Å². The first-order chi connectivity index (χ1) is 9.08. The first-order valence-electron chi connectivity index (χ1n) is 5.76. The molecule has 0 aliphatic heterocycles. The SMILES string of the molecule is Cn1ccnc1CCOC(=O)c1ccc(Br)c(N)c1. The summed E-state index contributed by atoms with van der Waals surface area (Å²) in [6.45, 7) is 0.291. The molecule has 100 valence electrons. The highest BCUT2D eigenvalue weighted by Gasteiger charge is 2.09. The smallest absolute Gasteiger partial charge is 0.338 e. The Morgan fingerprint density at radius 2 is 2.32 bits per heavy atom. The number of ether oxygens (including phenoxy) is 1. The van der Waals surface area contributed by atoms with E-state index in [2.05, 4.69) is 20.9 Å². The molecule has 6 heteroatoms. The average molecular weight is 324 g/mol. The van der Waals surface area contributed by atoms with E-state index in [0.717, 1.165) is 10.3 Å². The van der Waals surface area contributed by atoms with Crippen LogP contribution in [0.2, 0.25) is 0 Å². The first kappa shape index (κ1) is 13.6. The Labute approximate surface area is 119 Å². The predicted octanol–water partition coefficient (Wildman–Crippen LogP) is 2.16. The van der Waals surface area contributed by atoms with Gasteiger partial charge in [-0.25, -0.2) is 9.78 Å². The van der Waals surface area contributed by atoms with Crippen LogP contribution in [0, 0.1) is 0 Å². The summed E-state index contributed by atoms with van der Waals surface area (Å²) in [6, 6.07) is 4.99. The third kappa shape index (κ3) is 3.35. The normalized spacial score (nSPS) is 10.4. The highest BCUT2D eigenvalue weighted by atomic mass is 79.9. The molecular weight excluding hydrogens is 310 g/mol. The topological polar surface area (TPSA) is 70.1 Å². The summed E-state index contributed by atoms with van der Waals surface area (Å²) in [5.74, 6) is 0.497. The number of aromatic nitrogens is 2.